The summed E-state index contributed by atoms with van der Waals surface area (Å²) >= 11 is 1.54. The second kappa shape index (κ2) is 11.0. The van der Waals surface area contributed by atoms with Crippen LogP contribution in [0.5, 0.6) is 0 Å². The van der Waals surface area contributed by atoms with Crippen LogP contribution in [0, 0.1) is 19.8 Å². The van der Waals surface area contributed by atoms with Gasteiger partial charge in [0.2, 0.25) is 5.91 Å². The van der Waals surface area contributed by atoms with E-state index in [-0.39, 0.29) is 5.91 Å². The quantitative estimate of drug-likeness (QED) is 0.513. The van der Waals surface area contributed by atoms with Crippen LogP contribution in [0.15, 0.2) is 5.16 Å². The smallest absolute Gasteiger partial charge is 0.220 e. The molecule has 2 rings (SSSR count). The van der Waals surface area contributed by atoms with Crippen LogP contribution in [-0.2, 0) is 16.0 Å². The van der Waals surface area contributed by atoms with Gasteiger partial charge in [0.1, 0.15) is 0 Å². The van der Waals surface area contributed by atoms with Crippen LogP contribution in [0.1, 0.15) is 43.6 Å². The maximum Gasteiger partial charge on any atom is 0.220 e. The number of carbonyl (C=O) groups excluding carboxylic acids is 1. The third-order valence-electron chi connectivity index (χ3n) is 5.03. The van der Waals surface area contributed by atoms with E-state index >= 15 is 0 Å². The number of hydrogen-bond acceptors (Lipinski definition) is 6. The van der Waals surface area contributed by atoms with Crippen LogP contribution in [0.3, 0.4) is 0 Å². The fourth-order valence-corrected chi connectivity index (χ4v) is 4.03. The minimum atomic E-state index is 0.102. The number of nitrogens with one attached hydrogen (secondary N) is 1. The van der Waals surface area contributed by atoms with Gasteiger partial charge in [0.15, 0.2) is 5.16 Å². The number of aryl methyl sites for hydroxylation is 2. The molecule has 0 saturated carbocycles. The number of aromatic nitrogens is 2. The molecule has 6 nitrogen and oxygen atoms in total. The van der Waals surface area contributed by atoms with Gasteiger partial charge in [-0.05, 0) is 44.4 Å². The third-order valence-corrected chi connectivity index (χ3v) is 5.57. The van der Waals surface area contributed by atoms with Gasteiger partial charge < -0.3 is 10.1 Å². The van der Waals surface area contributed by atoms with Gasteiger partial charge in [0, 0.05) is 43.5 Å². The van der Waals surface area contributed by atoms with Crippen molar-refractivity contribution in [2.75, 3.05) is 39.1 Å². The van der Waals surface area contributed by atoms with Crippen LogP contribution in [0.2, 0.25) is 0 Å². The van der Waals surface area contributed by atoms with E-state index in [9.17, 15) is 4.79 Å². The Kier molecular flexibility index (Phi) is 8.99. The van der Waals surface area contributed by atoms with Crippen molar-refractivity contribution in [1.82, 2.24) is 20.2 Å². The van der Waals surface area contributed by atoms with Gasteiger partial charge >= 0.3 is 0 Å². The maximum absolute atomic E-state index is 12.4. The Morgan fingerprint density at radius 3 is 2.41 bits per heavy atom. The molecule has 0 bridgehead atoms. The fourth-order valence-electron chi connectivity index (χ4n) is 3.57. The highest BCUT2D eigenvalue weighted by Gasteiger charge is 2.22. The molecule has 27 heavy (non-hydrogen) atoms. The zero-order chi connectivity index (χ0) is 19.8. The summed E-state index contributed by atoms with van der Waals surface area (Å²) in [5, 5.41) is 3.94. The number of carbonyl (C=O) groups is 1. The summed E-state index contributed by atoms with van der Waals surface area (Å²) in [7, 11) is 0. The average Bonchev–Trinajstić information content (AvgIpc) is 2.64. The van der Waals surface area contributed by atoms with Gasteiger partial charge in [0.05, 0.1) is 13.2 Å². The Bertz CT molecular complexity index is 595. The summed E-state index contributed by atoms with van der Waals surface area (Å²) in [6.45, 7) is 12.6. The first-order valence-corrected chi connectivity index (χ1v) is 11.1. The van der Waals surface area contributed by atoms with Gasteiger partial charge in [-0.1, -0.05) is 25.6 Å². The largest absolute Gasteiger partial charge is 0.379 e. The minimum Gasteiger partial charge on any atom is -0.379 e. The first-order valence-electron chi connectivity index (χ1n) is 9.87. The van der Waals surface area contributed by atoms with Crippen LogP contribution in [-0.4, -0.2) is 65.9 Å². The molecule has 1 aromatic heterocycles. The van der Waals surface area contributed by atoms with Crippen molar-refractivity contribution >= 4 is 17.7 Å². The number of rotatable bonds is 9. The molecule has 152 valence electrons. The minimum absolute atomic E-state index is 0.102. The Morgan fingerprint density at radius 1 is 1.22 bits per heavy atom. The summed E-state index contributed by atoms with van der Waals surface area (Å²) in [4.78, 5) is 23.9. The highest BCUT2D eigenvalue weighted by molar-refractivity contribution is 7.98. The van der Waals surface area contributed by atoms with Crippen molar-refractivity contribution in [1.29, 1.82) is 0 Å². The molecule has 1 fully saturated rings. The molecule has 0 aromatic carbocycles. The lowest BCUT2D eigenvalue weighted by atomic mass is 10.0. The lowest BCUT2D eigenvalue weighted by molar-refractivity contribution is -0.121. The molecule has 2 heterocycles. The summed E-state index contributed by atoms with van der Waals surface area (Å²) in [6, 6.07) is 0.380. The number of morpholine rings is 1. The highest BCUT2D eigenvalue weighted by Crippen LogP contribution is 2.17. The lowest BCUT2D eigenvalue weighted by Crippen LogP contribution is -2.49. The number of thioether (sulfide) groups is 1. The predicted molar refractivity (Wildman–Crippen MR) is 110 cm³/mol. The van der Waals surface area contributed by atoms with Gasteiger partial charge in [-0.3, -0.25) is 9.69 Å². The van der Waals surface area contributed by atoms with E-state index in [1.807, 2.05) is 20.1 Å². The monoisotopic (exact) mass is 394 g/mol. The van der Waals surface area contributed by atoms with Gasteiger partial charge in [0.25, 0.3) is 0 Å². The van der Waals surface area contributed by atoms with Crippen molar-refractivity contribution in [2.45, 2.75) is 58.2 Å². The van der Waals surface area contributed by atoms with Crippen molar-refractivity contribution in [3.63, 3.8) is 0 Å². The van der Waals surface area contributed by atoms with E-state index in [4.69, 9.17) is 4.74 Å². The summed E-state index contributed by atoms with van der Waals surface area (Å²) < 4.78 is 5.46. The molecule has 1 aliphatic heterocycles. The molecular formula is C20H34N4O2S. The van der Waals surface area contributed by atoms with Crippen LogP contribution in [0.25, 0.3) is 0 Å². The molecular weight excluding hydrogens is 360 g/mol. The van der Waals surface area contributed by atoms with Crippen LogP contribution < -0.4 is 5.32 Å². The average molecular weight is 395 g/mol. The fraction of sp³-hybridized carbons (Fsp3) is 0.750. The van der Waals surface area contributed by atoms with E-state index in [2.05, 4.69) is 34.0 Å². The zero-order valence-corrected chi connectivity index (χ0v) is 18.2. The molecule has 1 saturated heterocycles. The molecule has 7 heteroatoms. The van der Waals surface area contributed by atoms with Crippen molar-refractivity contribution in [2.24, 2.45) is 5.92 Å². The van der Waals surface area contributed by atoms with Crippen LogP contribution in [0.4, 0.5) is 0 Å². The number of hydrogen-bond donors (Lipinski definition) is 1. The Hall–Kier alpha value is -1.18. The van der Waals surface area contributed by atoms with Crippen molar-refractivity contribution in [3.05, 3.63) is 17.0 Å². The molecule has 1 N–H and O–H groups in total. The standard InChI is InChI=1S/C20H34N4O2S/c1-14(2)12-17(24-8-10-26-11-9-24)13-21-19(25)7-6-18-15(3)22-20(27-5)23-16(18)4/h14,17H,6-13H2,1-5H3,(H,21,25). The third kappa shape index (κ3) is 7.05. The van der Waals surface area contributed by atoms with E-state index in [0.717, 1.165) is 54.8 Å². The molecule has 1 atom stereocenters. The summed E-state index contributed by atoms with van der Waals surface area (Å²) in [5.74, 6) is 0.705. The molecule has 1 amide bonds. The predicted octanol–water partition coefficient (Wildman–Crippen LogP) is 2.61. The van der Waals surface area contributed by atoms with Gasteiger partial charge in [-0.15, -0.1) is 0 Å². The maximum atomic E-state index is 12.4. The van der Waals surface area contributed by atoms with Crippen molar-refractivity contribution in [3.8, 4) is 0 Å². The van der Waals surface area contributed by atoms with Crippen molar-refractivity contribution < 1.29 is 9.53 Å². The van der Waals surface area contributed by atoms with Gasteiger partial charge in [-0.2, -0.15) is 0 Å². The SMILES string of the molecule is CSc1nc(C)c(CCC(=O)NCC(CC(C)C)N2CCOCC2)c(C)n1. The topological polar surface area (TPSA) is 67.4 Å². The molecule has 0 radical (unpaired) electrons. The van der Waals surface area contributed by atoms with Crippen LogP contribution >= 0.6 is 11.8 Å². The van der Waals surface area contributed by atoms with E-state index in [0.29, 0.717) is 31.3 Å². The molecule has 1 aliphatic rings. The van der Waals surface area contributed by atoms with Gasteiger partial charge in [-0.25, -0.2) is 9.97 Å². The summed E-state index contributed by atoms with van der Waals surface area (Å²) in [5.41, 5.74) is 3.05. The molecule has 1 aromatic rings. The Morgan fingerprint density at radius 2 is 1.85 bits per heavy atom. The number of ether oxygens (including phenoxy) is 1. The lowest BCUT2D eigenvalue weighted by Gasteiger charge is -2.35. The van der Waals surface area contributed by atoms with E-state index < -0.39 is 0 Å². The number of nitrogens with zero attached hydrogens (tertiary/aromatic N) is 3. The Balaban J connectivity index is 1.86. The molecule has 1 unspecified atom stereocenters. The highest BCUT2D eigenvalue weighted by atomic mass is 32.2. The number of amides is 1. The summed E-state index contributed by atoms with van der Waals surface area (Å²) in [6.07, 6.45) is 4.22. The normalized spacial score (nSPS) is 16.5. The second-order valence-corrected chi connectivity index (χ2v) is 8.37. The molecule has 0 aliphatic carbocycles. The van der Waals surface area contributed by atoms with E-state index in [1.54, 1.807) is 11.8 Å². The first-order chi connectivity index (χ1) is 12.9. The second-order valence-electron chi connectivity index (χ2n) is 7.60. The zero-order valence-electron chi connectivity index (χ0n) is 17.4. The Labute approximate surface area is 167 Å². The first kappa shape index (κ1) is 22.1. The molecule has 0 spiro atoms. The van der Waals surface area contributed by atoms with E-state index in [1.165, 1.54) is 0 Å².